The third kappa shape index (κ3) is 13.2. The number of methoxy groups -OCH3 is 4. The highest BCUT2D eigenvalue weighted by atomic mass is 31.1. The molecule has 0 saturated heterocycles. The van der Waals surface area contributed by atoms with Gasteiger partial charge in [-0.25, -0.2) is 0 Å². The molecule has 0 amide bonds. The van der Waals surface area contributed by atoms with Crippen LogP contribution in [0.5, 0.6) is 23.0 Å². The van der Waals surface area contributed by atoms with Crippen molar-refractivity contribution < 1.29 is 124 Å². The number of rotatable bonds is 11. The molecule has 0 saturated carbocycles. The van der Waals surface area contributed by atoms with Gasteiger partial charge in [-0.1, -0.05) is 0 Å². The lowest BCUT2D eigenvalue weighted by Gasteiger charge is -2.31. The van der Waals surface area contributed by atoms with Crippen LogP contribution in [0.3, 0.4) is 0 Å². The highest BCUT2D eigenvalue weighted by Crippen LogP contribution is 2.53. The SMILES string of the molecule is COc1cc(OC)c(-c2c(OC)cc(OC)cc2P(c2cc(C(F)(F)F)cc(C(F)(F)F)c2)c2cc(C(F)(F)F)cc(C(F)(F)F)c2)c(P(c2cc(C(F)(F)F)cc(C(F)(F)F)c2)c2cc(C(F)(F)F)cc(C(F)(F)F)c2)c1. The molecule has 0 fully saturated rings. The van der Waals surface area contributed by atoms with Crippen molar-refractivity contribution in [2.75, 3.05) is 28.4 Å². The fraction of sp³-hybridized carbons (Fsp3) is 0.250. The van der Waals surface area contributed by atoms with Crippen molar-refractivity contribution in [2.24, 2.45) is 0 Å². The first-order valence-corrected chi connectivity index (χ1v) is 23.5. The van der Waals surface area contributed by atoms with Gasteiger partial charge in [0.25, 0.3) is 0 Å². The lowest BCUT2D eigenvalue weighted by Crippen LogP contribution is -2.30. The van der Waals surface area contributed by atoms with Gasteiger partial charge in [0.05, 0.1) is 72.9 Å². The minimum atomic E-state index is -5.81. The van der Waals surface area contributed by atoms with Gasteiger partial charge in [0.2, 0.25) is 0 Å². The molecule has 0 N–H and O–H groups in total. The summed E-state index contributed by atoms with van der Waals surface area (Å²) in [6.07, 6.45) is -46.4. The highest BCUT2D eigenvalue weighted by molar-refractivity contribution is 7.80. The van der Waals surface area contributed by atoms with E-state index in [0.29, 0.717) is 26.4 Å². The highest BCUT2D eigenvalue weighted by Gasteiger charge is 2.45. The summed E-state index contributed by atoms with van der Waals surface area (Å²) >= 11 is 0. The summed E-state index contributed by atoms with van der Waals surface area (Å²) in [6, 6.07) is -0.0517. The van der Waals surface area contributed by atoms with E-state index in [2.05, 4.69) is 0 Å². The Hall–Kier alpha value is -6.30. The van der Waals surface area contributed by atoms with Crippen molar-refractivity contribution in [3.05, 3.63) is 142 Å². The van der Waals surface area contributed by atoms with Gasteiger partial charge >= 0.3 is 49.4 Å². The average Bonchev–Trinajstić information content (AvgIpc) is 3.32. The number of benzene rings is 6. The number of ether oxygens (including phenoxy) is 4. The monoisotopic (exact) mass is 1190 g/mol. The zero-order chi connectivity index (χ0) is 58.8. The third-order valence-corrected chi connectivity index (χ3v) is 15.8. The molecule has 4 nitrogen and oxygen atoms in total. The Labute approximate surface area is 425 Å². The Bertz CT molecular complexity index is 2710. The minimum absolute atomic E-state index is 0.105. The lowest BCUT2D eigenvalue weighted by molar-refractivity contribution is -0.144. The molecule has 0 atom stereocenters. The van der Waals surface area contributed by atoms with Crippen LogP contribution in [0.25, 0.3) is 11.1 Å². The summed E-state index contributed by atoms with van der Waals surface area (Å²) in [6.45, 7) is 0. The van der Waals surface area contributed by atoms with Gasteiger partial charge in [0.1, 0.15) is 23.0 Å². The minimum Gasteiger partial charge on any atom is -0.497 e. The van der Waals surface area contributed by atoms with Crippen LogP contribution in [0, 0.1) is 0 Å². The normalized spacial score (nSPS) is 13.4. The lowest BCUT2D eigenvalue weighted by atomic mass is 10.0. The van der Waals surface area contributed by atoms with E-state index < -0.39 is 200 Å². The topological polar surface area (TPSA) is 36.9 Å². The number of hydrogen-bond donors (Lipinski definition) is 0. The molecule has 6 rings (SSSR count). The van der Waals surface area contributed by atoms with E-state index in [1.807, 2.05) is 0 Å². The van der Waals surface area contributed by atoms with Crippen LogP contribution in [0.1, 0.15) is 44.5 Å². The van der Waals surface area contributed by atoms with Crippen molar-refractivity contribution in [1.82, 2.24) is 0 Å². The van der Waals surface area contributed by atoms with Crippen molar-refractivity contribution in [1.29, 1.82) is 0 Å². The van der Waals surface area contributed by atoms with Crippen LogP contribution in [0.15, 0.2) is 97.1 Å². The van der Waals surface area contributed by atoms with E-state index in [-0.39, 0.29) is 48.5 Å². The fourth-order valence-corrected chi connectivity index (χ4v) is 12.9. The Morgan fingerprint density at radius 3 is 0.564 bits per heavy atom. The maximum atomic E-state index is 14.7. The first-order valence-electron chi connectivity index (χ1n) is 20.8. The first-order chi connectivity index (χ1) is 35.5. The van der Waals surface area contributed by atoms with Gasteiger partial charge in [-0.2, -0.15) is 105 Å². The second kappa shape index (κ2) is 21.1. The third-order valence-electron chi connectivity index (χ3n) is 11.1. The zero-order valence-electron chi connectivity index (χ0n) is 38.8. The van der Waals surface area contributed by atoms with Crippen LogP contribution in [0.4, 0.5) is 105 Å². The van der Waals surface area contributed by atoms with Gasteiger partial charge < -0.3 is 18.9 Å². The summed E-state index contributed by atoms with van der Waals surface area (Å²) in [5.41, 5.74) is -19.8. The van der Waals surface area contributed by atoms with Crippen LogP contribution < -0.4 is 50.8 Å². The van der Waals surface area contributed by atoms with Crippen molar-refractivity contribution in [2.45, 2.75) is 49.4 Å². The molecule has 0 aliphatic carbocycles. The van der Waals surface area contributed by atoms with Crippen molar-refractivity contribution in [3.8, 4) is 34.1 Å². The molecule has 0 heterocycles. The van der Waals surface area contributed by atoms with E-state index in [0.717, 1.165) is 26.4 Å². The first kappa shape index (κ1) is 60.9. The molecule has 0 bridgehead atoms. The Morgan fingerprint density at radius 1 is 0.244 bits per heavy atom. The molecule has 78 heavy (non-hydrogen) atoms. The van der Waals surface area contributed by atoms with Crippen LogP contribution in [-0.2, 0) is 49.4 Å². The average molecular weight is 1190 g/mol. The predicted octanol–water partition coefficient (Wildman–Crippen LogP) is 15.1. The maximum absolute atomic E-state index is 14.7. The molecule has 0 aliphatic rings. The molecule has 0 spiro atoms. The second-order valence-electron chi connectivity index (χ2n) is 16.2. The van der Waals surface area contributed by atoms with Crippen molar-refractivity contribution in [3.63, 3.8) is 0 Å². The van der Waals surface area contributed by atoms with Crippen LogP contribution in [-0.4, -0.2) is 28.4 Å². The van der Waals surface area contributed by atoms with E-state index >= 15 is 0 Å². The predicted molar refractivity (Wildman–Crippen MR) is 236 cm³/mol. The van der Waals surface area contributed by atoms with E-state index in [4.69, 9.17) is 18.9 Å². The van der Waals surface area contributed by atoms with E-state index in [9.17, 15) is 105 Å². The molecular weight excluding hydrogens is 1160 g/mol. The summed E-state index contributed by atoms with van der Waals surface area (Å²) in [7, 11) is -4.89. The number of halogens is 24. The van der Waals surface area contributed by atoms with Gasteiger partial charge in [-0.05, 0) is 122 Å². The molecule has 422 valence electrons. The summed E-state index contributed by atoms with van der Waals surface area (Å²) in [5.74, 6) is -3.08. The Morgan fingerprint density at radius 2 is 0.423 bits per heavy atom. The Balaban J connectivity index is 2.00. The molecule has 30 heteroatoms. The Kier molecular flexibility index (Phi) is 16.5. The van der Waals surface area contributed by atoms with Crippen LogP contribution in [0.2, 0.25) is 0 Å². The largest absolute Gasteiger partial charge is 0.497 e. The van der Waals surface area contributed by atoms with Crippen molar-refractivity contribution >= 4 is 47.7 Å². The second-order valence-corrected chi connectivity index (χ2v) is 20.5. The zero-order valence-corrected chi connectivity index (χ0v) is 40.6. The fourth-order valence-electron chi connectivity index (χ4n) is 7.69. The van der Waals surface area contributed by atoms with E-state index in [1.54, 1.807) is 0 Å². The quantitative estimate of drug-likeness (QED) is 0.0957. The number of alkyl halides is 24. The molecule has 0 unspecified atom stereocenters. The standard InChI is InChI=1S/C48H28F24O4P2/c1-73-29-17-35(75-3)39(37(19-29)77(31-9-21(41(49,50)51)5-22(10-31)42(52,53)54)32-11-23(43(55,56)57)6-24(12-32)44(58,59)60)40-36(76-4)18-30(74-2)20-38(40)78(33-13-25(45(61,62)63)7-26(14-33)46(64,65)66)34-15-27(47(67,68)69)8-28(16-34)48(70,71)72/h5-20H,1-4H3. The molecule has 0 radical (unpaired) electrons. The molecular formula is C48H28F24O4P2. The molecule has 6 aromatic carbocycles. The van der Waals surface area contributed by atoms with Gasteiger partial charge in [0, 0.05) is 33.9 Å². The van der Waals surface area contributed by atoms with Gasteiger partial charge in [-0.15, -0.1) is 0 Å². The van der Waals surface area contributed by atoms with E-state index in [1.165, 1.54) is 0 Å². The number of hydrogen-bond acceptors (Lipinski definition) is 4. The maximum Gasteiger partial charge on any atom is 0.416 e. The molecule has 0 aromatic heterocycles. The summed E-state index contributed by atoms with van der Waals surface area (Å²) < 4.78 is 373. The van der Waals surface area contributed by atoms with Gasteiger partial charge in [-0.3, -0.25) is 0 Å². The van der Waals surface area contributed by atoms with Crippen LogP contribution >= 0.6 is 15.8 Å². The molecule has 0 aliphatic heterocycles. The summed E-state index contributed by atoms with van der Waals surface area (Å²) in [5, 5.41) is -7.69. The smallest absolute Gasteiger partial charge is 0.416 e. The van der Waals surface area contributed by atoms with Gasteiger partial charge in [0.15, 0.2) is 0 Å². The molecule has 6 aromatic rings. The summed E-state index contributed by atoms with van der Waals surface area (Å²) in [4.78, 5) is 0.